The van der Waals surface area contributed by atoms with Gasteiger partial charge in [0.2, 0.25) is 17.5 Å². The van der Waals surface area contributed by atoms with Crippen LogP contribution in [0.4, 0.5) is 0 Å². The second-order valence-corrected chi connectivity index (χ2v) is 12.8. The molecular weight excluding hydrogens is 510 g/mol. The minimum Gasteiger partial charge on any atom is -0.361 e. The molecule has 4 saturated heterocycles. The van der Waals surface area contributed by atoms with Crippen LogP contribution in [0.2, 0.25) is 0 Å². The summed E-state index contributed by atoms with van der Waals surface area (Å²) in [6.45, 7) is 6.48. The maximum absolute atomic E-state index is 14.0. The van der Waals surface area contributed by atoms with Gasteiger partial charge in [-0.15, -0.1) is 0 Å². The van der Waals surface area contributed by atoms with Crippen molar-refractivity contribution in [2.75, 3.05) is 20.1 Å². The SMILES string of the molecule is CC[C@H](C)[C@H]1C(=O)N2CCC[C@H]2[C@]2(O)O[C@@](C)(NC(=O)[C@@H]3CC4c5cccc6[nH]cc(c56)C[C@H]4N(C)C3)C(=O)N12. The number of piperidine rings is 1. The van der Waals surface area contributed by atoms with Gasteiger partial charge in [0.25, 0.3) is 11.8 Å². The summed E-state index contributed by atoms with van der Waals surface area (Å²) in [5.74, 6) is -3.31. The number of hydrogen-bond acceptors (Lipinski definition) is 6. The van der Waals surface area contributed by atoms with Gasteiger partial charge in [-0.2, -0.15) is 0 Å². The lowest BCUT2D eigenvalue weighted by Crippen LogP contribution is -2.72. The summed E-state index contributed by atoms with van der Waals surface area (Å²) in [5.41, 5.74) is 1.92. The van der Waals surface area contributed by atoms with Gasteiger partial charge in [-0.25, -0.2) is 0 Å². The third-order valence-electron chi connectivity index (χ3n) is 10.5. The summed E-state index contributed by atoms with van der Waals surface area (Å²) in [6.07, 6.45) is 5.61. The van der Waals surface area contributed by atoms with E-state index in [-0.39, 0.29) is 29.6 Å². The normalized spacial score (nSPS) is 37.9. The van der Waals surface area contributed by atoms with Gasteiger partial charge in [0.1, 0.15) is 12.1 Å². The number of piperazine rings is 1. The van der Waals surface area contributed by atoms with Crippen LogP contribution in [-0.2, 0) is 25.5 Å². The molecule has 5 heterocycles. The standard InChI is InChI=1S/C30H39N5O5/c1-5-16(2)25-27(37)34-11-7-10-23(34)30(39)35(25)28(38)29(3,40-30)32-26(36)18-12-20-19-8-6-9-21-24(19)17(14-31-21)13-22(20)33(4)15-18/h6,8-9,14,16,18,20,22-23,25,31,39H,5,7,10-13,15H2,1-4H3,(H,32,36)/t16-,18+,20?,22+,23-,25-,29+,30-/m0/s1. The Morgan fingerprint density at radius 3 is 2.90 bits per heavy atom. The molecule has 10 nitrogen and oxygen atoms in total. The largest absolute Gasteiger partial charge is 0.361 e. The van der Waals surface area contributed by atoms with Crippen LogP contribution in [0.25, 0.3) is 10.9 Å². The Hall–Kier alpha value is -2.95. The molecule has 0 saturated carbocycles. The lowest BCUT2D eigenvalue weighted by atomic mass is 9.72. The minimum atomic E-state index is -1.98. The van der Waals surface area contributed by atoms with Crippen LogP contribution < -0.4 is 5.32 Å². The van der Waals surface area contributed by atoms with Crippen LogP contribution in [0, 0.1) is 11.8 Å². The van der Waals surface area contributed by atoms with Gasteiger partial charge < -0.3 is 25.2 Å². The highest BCUT2D eigenvalue weighted by Gasteiger charge is 2.70. The predicted molar refractivity (Wildman–Crippen MR) is 147 cm³/mol. The van der Waals surface area contributed by atoms with Crippen LogP contribution in [0.1, 0.15) is 63.5 Å². The summed E-state index contributed by atoms with van der Waals surface area (Å²) in [5, 5.41) is 16.1. The van der Waals surface area contributed by atoms with Crippen LogP contribution in [0.15, 0.2) is 24.4 Å². The molecule has 1 aliphatic carbocycles. The Labute approximate surface area is 234 Å². The number of aromatic nitrogens is 1. The zero-order chi connectivity index (χ0) is 28.1. The van der Waals surface area contributed by atoms with Crippen LogP contribution >= 0.6 is 0 Å². The number of nitrogens with zero attached hydrogens (tertiary/aromatic N) is 3. The summed E-state index contributed by atoms with van der Waals surface area (Å²) < 4.78 is 6.21. The van der Waals surface area contributed by atoms with E-state index in [4.69, 9.17) is 4.74 Å². The molecule has 3 amide bonds. The number of aliphatic hydroxyl groups is 1. The molecule has 10 heteroatoms. The van der Waals surface area contributed by atoms with E-state index in [1.807, 2.05) is 13.8 Å². The maximum Gasteiger partial charge on any atom is 0.280 e. The van der Waals surface area contributed by atoms with Gasteiger partial charge in [-0.1, -0.05) is 32.4 Å². The van der Waals surface area contributed by atoms with E-state index in [1.165, 1.54) is 28.3 Å². The highest BCUT2D eigenvalue weighted by atomic mass is 16.7. The number of benzene rings is 1. The Balaban J connectivity index is 1.17. The third-order valence-corrected chi connectivity index (χ3v) is 10.5. The highest BCUT2D eigenvalue weighted by Crippen LogP contribution is 2.48. The summed E-state index contributed by atoms with van der Waals surface area (Å²) >= 11 is 0. The molecule has 8 atom stereocenters. The monoisotopic (exact) mass is 549 g/mol. The quantitative estimate of drug-likeness (QED) is 0.536. The second kappa shape index (κ2) is 8.77. The Morgan fingerprint density at radius 1 is 1.32 bits per heavy atom. The minimum absolute atomic E-state index is 0.149. The molecule has 5 aliphatic rings. The van der Waals surface area contributed by atoms with Crippen molar-refractivity contribution in [2.24, 2.45) is 11.8 Å². The van der Waals surface area contributed by atoms with Crippen LogP contribution in [0.5, 0.6) is 0 Å². The molecule has 2 aromatic rings. The number of rotatable bonds is 4. The second-order valence-electron chi connectivity index (χ2n) is 12.8. The average molecular weight is 550 g/mol. The zero-order valence-electron chi connectivity index (χ0n) is 23.6. The molecular formula is C30H39N5O5. The lowest BCUT2D eigenvalue weighted by molar-refractivity contribution is -0.317. The van der Waals surface area contributed by atoms with Crippen LogP contribution in [0.3, 0.4) is 0 Å². The van der Waals surface area contributed by atoms with E-state index in [2.05, 4.69) is 46.6 Å². The van der Waals surface area contributed by atoms with Crippen molar-refractivity contribution in [3.8, 4) is 0 Å². The number of carbonyl (C=O) groups is 3. The number of fused-ring (bicyclic) bond motifs is 5. The van der Waals surface area contributed by atoms with Crippen molar-refractivity contribution >= 4 is 28.6 Å². The van der Waals surface area contributed by atoms with Crippen molar-refractivity contribution in [3.05, 3.63) is 35.5 Å². The van der Waals surface area contributed by atoms with Gasteiger partial charge in [-0.05, 0) is 62.8 Å². The Bertz CT molecular complexity index is 1410. The first kappa shape index (κ1) is 26.0. The van der Waals surface area contributed by atoms with Gasteiger partial charge in [0.15, 0.2) is 0 Å². The molecule has 1 aromatic heterocycles. The first-order chi connectivity index (χ1) is 19.1. The number of carbonyl (C=O) groups excluding carboxylic acids is 3. The van der Waals surface area contributed by atoms with E-state index in [0.29, 0.717) is 38.4 Å². The van der Waals surface area contributed by atoms with Gasteiger partial charge in [0, 0.05) is 42.1 Å². The number of likely N-dealkylation sites (N-methyl/N-ethyl adjacent to an activating group) is 1. The first-order valence-electron chi connectivity index (χ1n) is 14.7. The van der Waals surface area contributed by atoms with Crippen molar-refractivity contribution in [3.63, 3.8) is 0 Å². The number of aromatic amines is 1. The van der Waals surface area contributed by atoms with Crippen LogP contribution in [-0.4, -0.2) is 92.4 Å². The van der Waals surface area contributed by atoms with E-state index < -0.39 is 29.6 Å². The number of H-pyrrole nitrogens is 1. The fourth-order valence-electron chi connectivity index (χ4n) is 8.29. The number of likely N-dealkylation sites (tertiary alicyclic amines) is 1. The molecule has 4 aliphatic heterocycles. The first-order valence-corrected chi connectivity index (χ1v) is 14.7. The molecule has 7 rings (SSSR count). The maximum atomic E-state index is 14.0. The topological polar surface area (TPSA) is 118 Å². The smallest absolute Gasteiger partial charge is 0.280 e. The molecule has 0 bridgehead atoms. The predicted octanol–water partition coefficient (Wildman–Crippen LogP) is 1.88. The molecule has 1 aromatic carbocycles. The number of ether oxygens (including phenoxy) is 1. The zero-order valence-corrected chi connectivity index (χ0v) is 23.6. The van der Waals surface area contributed by atoms with E-state index in [9.17, 15) is 19.5 Å². The molecule has 4 fully saturated rings. The van der Waals surface area contributed by atoms with E-state index in [0.717, 1.165) is 18.4 Å². The highest BCUT2D eigenvalue weighted by molar-refractivity contribution is 5.97. The van der Waals surface area contributed by atoms with Gasteiger partial charge in [-0.3, -0.25) is 24.0 Å². The molecule has 0 radical (unpaired) electrons. The van der Waals surface area contributed by atoms with Crippen molar-refractivity contribution in [1.82, 2.24) is 25.0 Å². The Kier molecular flexibility index (Phi) is 5.70. The Morgan fingerprint density at radius 2 is 2.12 bits per heavy atom. The fourth-order valence-corrected chi connectivity index (χ4v) is 8.29. The van der Waals surface area contributed by atoms with Gasteiger partial charge in [0.05, 0.1) is 5.92 Å². The molecule has 40 heavy (non-hydrogen) atoms. The molecule has 3 N–H and O–H groups in total. The summed E-state index contributed by atoms with van der Waals surface area (Å²) in [6, 6.07) is 5.13. The summed E-state index contributed by atoms with van der Waals surface area (Å²) in [4.78, 5) is 50.0. The van der Waals surface area contributed by atoms with Crippen molar-refractivity contribution in [2.45, 2.75) is 88.6 Å². The fraction of sp³-hybridized carbons (Fsp3) is 0.633. The molecule has 0 spiro atoms. The third kappa shape index (κ3) is 3.42. The molecule has 214 valence electrons. The van der Waals surface area contributed by atoms with E-state index >= 15 is 0 Å². The average Bonchev–Trinajstić information content (AvgIpc) is 3.63. The summed E-state index contributed by atoms with van der Waals surface area (Å²) in [7, 11) is 2.06. The van der Waals surface area contributed by atoms with Gasteiger partial charge >= 0.3 is 0 Å². The number of amides is 3. The number of hydrogen-bond donors (Lipinski definition) is 3. The van der Waals surface area contributed by atoms with Crippen molar-refractivity contribution in [1.29, 1.82) is 0 Å². The lowest BCUT2D eigenvalue weighted by Gasteiger charge is -2.50. The van der Waals surface area contributed by atoms with Crippen molar-refractivity contribution < 1.29 is 24.2 Å². The molecule has 1 unspecified atom stereocenters. The van der Waals surface area contributed by atoms with E-state index in [1.54, 1.807) is 4.90 Å². The number of nitrogens with one attached hydrogen (secondary N) is 2.